The summed E-state index contributed by atoms with van der Waals surface area (Å²) in [5.74, 6) is -0.270. The number of carbonyl (C=O) groups is 1. The predicted octanol–water partition coefficient (Wildman–Crippen LogP) is 1.77. The second-order valence-corrected chi connectivity index (χ2v) is 3.77. The van der Waals surface area contributed by atoms with Crippen LogP contribution < -0.4 is 14.8 Å². The van der Waals surface area contributed by atoms with Crippen molar-refractivity contribution < 1.29 is 19.2 Å². The molecule has 0 saturated heterocycles. The first-order chi connectivity index (χ1) is 9.46. The first-order valence-electron chi connectivity index (χ1n) is 5.53. The number of nitrogens with zero attached hydrogens (tertiary/aromatic N) is 2. The van der Waals surface area contributed by atoms with Crippen LogP contribution in [0.4, 0.5) is 11.4 Å². The van der Waals surface area contributed by atoms with Crippen LogP contribution in [0.2, 0.25) is 0 Å². The van der Waals surface area contributed by atoms with Gasteiger partial charge < -0.3 is 14.8 Å². The fourth-order valence-electron chi connectivity index (χ4n) is 1.78. The number of ether oxygens (including phenoxy) is 2. The third kappa shape index (κ3) is 2.95. The van der Waals surface area contributed by atoms with Gasteiger partial charge in [-0.25, -0.2) is 0 Å². The second kappa shape index (κ2) is 6.38. The molecule has 0 spiro atoms. The third-order valence-electron chi connectivity index (χ3n) is 2.56. The molecule has 1 N–H and O–H groups in total. The Morgan fingerprint density at radius 1 is 1.45 bits per heavy atom. The molecule has 0 saturated carbocycles. The molecule has 0 unspecified atom stereocenters. The molecule has 0 radical (unpaired) electrons. The molecule has 1 aromatic rings. The predicted molar refractivity (Wildman–Crippen MR) is 69.8 cm³/mol. The fraction of sp³-hybridized carbons (Fsp3) is 0.333. The molecular weight excluding hydrogens is 266 g/mol. The summed E-state index contributed by atoms with van der Waals surface area (Å²) in [4.78, 5) is 21.8. The lowest BCUT2D eigenvalue weighted by Gasteiger charge is -2.15. The second-order valence-electron chi connectivity index (χ2n) is 3.77. The van der Waals surface area contributed by atoms with Crippen molar-refractivity contribution in [3.05, 3.63) is 21.7 Å². The van der Waals surface area contributed by atoms with E-state index in [4.69, 9.17) is 14.7 Å². The van der Waals surface area contributed by atoms with Gasteiger partial charge in [-0.3, -0.25) is 14.9 Å². The van der Waals surface area contributed by atoms with Gasteiger partial charge in [0.05, 0.1) is 30.9 Å². The number of benzene rings is 1. The van der Waals surface area contributed by atoms with E-state index in [-0.39, 0.29) is 29.3 Å². The van der Waals surface area contributed by atoms with Crippen LogP contribution >= 0.6 is 0 Å². The number of hydrogen-bond acceptors (Lipinski definition) is 6. The van der Waals surface area contributed by atoms with Crippen LogP contribution in [0.25, 0.3) is 0 Å². The molecule has 0 aliphatic heterocycles. The van der Waals surface area contributed by atoms with Gasteiger partial charge in [0, 0.05) is 11.6 Å². The Morgan fingerprint density at radius 2 is 2.05 bits per heavy atom. The Kier molecular flexibility index (Phi) is 4.86. The van der Waals surface area contributed by atoms with Gasteiger partial charge >= 0.3 is 5.69 Å². The highest BCUT2D eigenvalue weighted by atomic mass is 16.6. The van der Waals surface area contributed by atoms with E-state index < -0.39 is 10.8 Å². The Balaban J connectivity index is 3.40. The van der Waals surface area contributed by atoms with E-state index in [1.807, 2.05) is 0 Å². The van der Waals surface area contributed by atoms with E-state index in [9.17, 15) is 14.9 Å². The van der Waals surface area contributed by atoms with Crippen molar-refractivity contribution >= 4 is 17.3 Å². The summed E-state index contributed by atoms with van der Waals surface area (Å²) >= 11 is 0. The molecule has 1 aromatic carbocycles. The molecule has 106 valence electrons. The van der Waals surface area contributed by atoms with Gasteiger partial charge in [0.25, 0.3) is 0 Å². The van der Waals surface area contributed by atoms with E-state index >= 15 is 0 Å². The molecule has 8 nitrogen and oxygen atoms in total. The number of rotatable bonds is 5. The quantitative estimate of drug-likeness (QED) is 0.648. The molecule has 1 rings (SSSR count). The van der Waals surface area contributed by atoms with Gasteiger partial charge in [0.1, 0.15) is 12.2 Å². The minimum absolute atomic E-state index is 0.0603. The van der Waals surface area contributed by atoms with Crippen molar-refractivity contribution in [3.63, 3.8) is 0 Å². The molecule has 0 heterocycles. The minimum Gasteiger partial charge on any atom is -0.494 e. The molecule has 20 heavy (non-hydrogen) atoms. The zero-order valence-electron chi connectivity index (χ0n) is 11.2. The Labute approximate surface area is 115 Å². The topological polar surface area (TPSA) is 114 Å². The smallest absolute Gasteiger partial charge is 0.313 e. The Morgan fingerprint density at radius 3 is 2.50 bits per heavy atom. The van der Waals surface area contributed by atoms with Gasteiger partial charge in [-0.2, -0.15) is 5.26 Å². The molecule has 0 atom stereocenters. The lowest BCUT2D eigenvalue weighted by Crippen LogP contribution is -2.12. The first kappa shape index (κ1) is 15.2. The summed E-state index contributed by atoms with van der Waals surface area (Å²) in [5, 5.41) is 21.9. The van der Waals surface area contributed by atoms with Gasteiger partial charge in [-0.15, -0.1) is 0 Å². The van der Waals surface area contributed by atoms with Crippen molar-refractivity contribution in [2.24, 2.45) is 0 Å². The van der Waals surface area contributed by atoms with Crippen LogP contribution in [0.3, 0.4) is 0 Å². The van der Waals surface area contributed by atoms with Crippen molar-refractivity contribution in [3.8, 4) is 17.6 Å². The largest absolute Gasteiger partial charge is 0.494 e. The van der Waals surface area contributed by atoms with Crippen molar-refractivity contribution in [1.29, 1.82) is 5.26 Å². The van der Waals surface area contributed by atoms with Crippen molar-refractivity contribution in [1.82, 2.24) is 0 Å². The lowest BCUT2D eigenvalue weighted by atomic mass is 10.1. The normalized spacial score (nSPS) is 9.50. The summed E-state index contributed by atoms with van der Waals surface area (Å²) in [6, 6.07) is 2.83. The summed E-state index contributed by atoms with van der Waals surface area (Å²) < 4.78 is 10.1. The monoisotopic (exact) mass is 279 g/mol. The van der Waals surface area contributed by atoms with Crippen LogP contribution in [-0.4, -0.2) is 25.1 Å². The third-order valence-corrected chi connectivity index (χ3v) is 2.56. The maximum atomic E-state index is 11.4. The highest BCUT2D eigenvalue weighted by Crippen LogP contribution is 2.42. The molecule has 8 heteroatoms. The van der Waals surface area contributed by atoms with Crippen LogP contribution in [0.15, 0.2) is 6.07 Å². The highest BCUT2D eigenvalue weighted by Gasteiger charge is 2.24. The summed E-state index contributed by atoms with van der Waals surface area (Å²) in [5.41, 5.74) is 0.215. The number of anilines is 1. The van der Waals surface area contributed by atoms with Gasteiger partial charge in [0.2, 0.25) is 11.7 Å². The van der Waals surface area contributed by atoms with Gasteiger partial charge in [-0.05, 0) is 6.92 Å². The summed E-state index contributed by atoms with van der Waals surface area (Å²) in [7, 11) is 2.68. The Bertz CT molecular complexity index is 592. The number of methoxy groups -OCH3 is 2. The zero-order valence-corrected chi connectivity index (χ0v) is 11.2. The van der Waals surface area contributed by atoms with E-state index in [1.54, 1.807) is 13.0 Å². The zero-order chi connectivity index (χ0) is 15.3. The molecule has 0 aromatic heterocycles. The maximum Gasteiger partial charge on any atom is 0.313 e. The number of carbonyl (C=O) groups excluding carboxylic acids is 1. The van der Waals surface area contributed by atoms with Crippen LogP contribution in [0.1, 0.15) is 12.0 Å². The fourth-order valence-corrected chi connectivity index (χ4v) is 1.78. The lowest BCUT2D eigenvalue weighted by molar-refractivity contribution is -0.385. The summed E-state index contributed by atoms with van der Waals surface area (Å²) in [6.45, 7) is 1.57. The van der Waals surface area contributed by atoms with E-state index in [0.717, 1.165) is 6.07 Å². The van der Waals surface area contributed by atoms with E-state index in [0.29, 0.717) is 5.56 Å². The molecule has 0 bridgehead atoms. The van der Waals surface area contributed by atoms with Crippen molar-refractivity contribution in [2.75, 3.05) is 19.5 Å². The van der Waals surface area contributed by atoms with Crippen LogP contribution in [-0.2, 0) is 4.79 Å². The number of hydrogen-bond donors (Lipinski definition) is 1. The average Bonchev–Trinajstić information content (AvgIpc) is 2.38. The molecule has 0 aliphatic carbocycles. The van der Waals surface area contributed by atoms with Crippen LogP contribution in [0.5, 0.6) is 11.5 Å². The van der Waals surface area contributed by atoms with Gasteiger partial charge in [0.15, 0.2) is 0 Å². The number of nitriles is 1. The minimum atomic E-state index is -0.620. The summed E-state index contributed by atoms with van der Waals surface area (Å²) in [6.07, 6.45) is -0.359. The number of nitro groups is 1. The van der Waals surface area contributed by atoms with E-state index in [1.165, 1.54) is 14.2 Å². The number of nitro benzene ring substituents is 1. The SMILES string of the molecule is COc1c(NC(=O)CC#N)cc([N+](=O)[O-])c(OC)c1C. The Hall–Kier alpha value is -2.82. The first-order valence-corrected chi connectivity index (χ1v) is 5.53. The molecular formula is C12H13N3O5. The van der Waals surface area contributed by atoms with Gasteiger partial charge in [-0.1, -0.05) is 0 Å². The van der Waals surface area contributed by atoms with Crippen molar-refractivity contribution in [2.45, 2.75) is 13.3 Å². The highest BCUT2D eigenvalue weighted by molar-refractivity contribution is 5.94. The molecule has 1 amide bonds. The standard InChI is InChI=1S/C12H13N3O5/c1-7-11(19-2)8(14-10(16)4-5-13)6-9(15(17)18)12(7)20-3/h6H,4H2,1-3H3,(H,14,16). The van der Waals surface area contributed by atoms with E-state index in [2.05, 4.69) is 5.32 Å². The molecule has 0 aliphatic rings. The average molecular weight is 279 g/mol. The van der Waals surface area contributed by atoms with Crippen LogP contribution in [0, 0.1) is 28.4 Å². The molecule has 0 fully saturated rings. The number of nitrogens with one attached hydrogen (secondary N) is 1. The number of amides is 1. The maximum absolute atomic E-state index is 11.4.